The van der Waals surface area contributed by atoms with Crippen LogP contribution < -0.4 is 0 Å². The fourth-order valence-electron chi connectivity index (χ4n) is 3.42. The summed E-state index contributed by atoms with van der Waals surface area (Å²) in [6.45, 7) is 1.98. The minimum absolute atomic E-state index is 0.176. The first-order valence-electron chi connectivity index (χ1n) is 7.20. The molecule has 0 aliphatic carbocycles. The average Bonchev–Trinajstić information content (AvgIpc) is 3.07. The Labute approximate surface area is 120 Å². The summed E-state index contributed by atoms with van der Waals surface area (Å²) in [5.41, 5.74) is 0.893. The van der Waals surface area contributed by atoms with Crippen molar-refractivity contribution in [1.29, 1.82) is 0 Å². The number of halogens is 2. The monoisotopic (exact) mass is 294 g/mol. The molecule has 2 aliphatic heterocycles. The van der Waals surface area contributed by atoms with E-state index in [1.807, 2.05) is 4.57 Å². The minimum atomic E-state index is -0.861. The van der Waals surface area contributed by atoms with Crippen molar-refractivity contribution < 1.29 is 18.3 Å². The van der Waals surface area contributed by atoms with Crippen LogP contribution in [0.5, 0.6) is 0 Å². The highest BCUT2D eigenvalue weighted by Gasteiger charge is 2.41. The van der Waals surface area contributed by atoms with Crippen molar-refractivity contribution in [2.75, 3.05) is 19.8 Å². The van der Waals surface area contributed by atoms with Gasteiger partial charge in [-0.05, 0) is 12.8 Å². The summed E-state index contributed by atoms with van der Waals surface area (Å²) in [6, 6.07) is 2.55. The molecule has 3 heterocycles. The van der Waals surface area contributed by atoms with Gasteiger partial charge in [-0.3, -0.25) is 0 Å². The molecule has 112 valence electrons. The van der Waals surface area contributed by atoms with E-state index in [-0.39, 0.29) is 11.6 Å². The van der Waals surface area contributed by atoms with Crippen molar-refractivity contribution >= 4 is 11.0 Å². The summed E-state index contributed by atoms with van der Waals surface area (Å²) >= 11 is 0. The zero-order chi connectivity index (χ0) is 14.4. The summed E-state index contributed by atoms with van der Waals surface area (Å²) in [4.78, 5) is 4.20. The average molecular weight is 294 g/mol. The molecule has 6 heteroatoms. The second-order valence-electron chi connectivity index (χ2n) is 5.89. The van der Waals surface area contributed by atoms with E-state index in [1.165, 1.54) is 6.07 Å². The lowest BCUT2D eigenvalue weighted by molar-refractivity contribution is -0.0943. The summed E-state index contributed by atoms with van der Waals surface area (Å²) in [6.07, 6.45) is 4.21. The number of ether oxygens (including phenoxy) is 2. The molecule has 2 atom stereocenters. The number of hydrogen-bond donors (Lipinski definition) is 0. The maximum absolute atomic E-state index is 13.5. The number of fused-ring (bicyclic) bond motifs is 1. The number of aromatic nitrogens is 2. The first-order chi connectivity index (χ1) is 10.2. The largest absolute Gasteiger partial charge is 0.378 e. The number of nitrogens with zero attached hydrogens (tertiary/aromatic N) is 2. The number of imidazole rings is 1. The smallest absolute Gasteiger partial charge is 0.161 e. The predicted octanol–water partition coefficient (Wildman–Crippen LogP) is 2.83. The standard InChI is InChI=1S/C15H16F2N2O2/c16-11-5-13-14(6-12(11)17)19(9-18-13)10-1-3-21-15(7-10)2-4-20-8-15/h5-6,9-10H,1-4,7-8H2. The van der Waals surface area contributed by atoms with E-state index in [0.29, 0.717) is 24.2 Å². The Balaban J connectivity index is 1.71. The van der Waals surface area contributed by atoms with Crippen molar-refractivity contribution in [2.24, 2.45) is 0 Å². The Morgan fingerprint density at radius 3 is 2.90 bits per heavy atom. The van der Waals surface area contributed by atoms with Crippen LogP contribution in [0.4, 0.5) is 8.78 Å². The molecule has 0 N–H and O–H groups in total. The van der Waals surface area contributed by atoms with Crippen LogP contribution in [0.25, 0.3) is 11.0 Å². The third-order valence-corrected chi connectivity index (χ3v) is 4.54. The van der Waals surface area contributed by atoms with Gasteiger partial charge in [-0.25, -0.2) is 13.8 Å². The van der Waals surface area contributed by atoms with E-state index < -0.39 is 11.6 Å². The second kappa shape index (κ2) is 4.74. The molecule has 1 aromatic heterocycles. The zero-order valence-corrected chi connectivity index (χ0v) is 11.5. The van der Waals surface area contributed by atoms with Gasteiger partial charge in [-0.15, -0.1) is 0 Å². The van der Waals surface area contributed by atoms with Crippen LogP contribution in [0.3, 0.4) is 0 Å². The van der Waals surface area contributed by atoms with E-state index in [4.69, 9.17) is 9.47 Å². The minimum Gasteiger partial charge on any atom is -0.378 e. The van der Waals surface area contributed by atoms with Crippen molar-refractivity contribution in [3.8, 4) is 0 Å². The van der Waals surface area contributed by atoms with Gasteiger partial charge >= 0.3 is 0 Å². The summed E-state index contributed by atoms with van der Waals surface area (Å²) < 4.78 is 40.1. The van der Waals surface area contributed by atoms with Crippen molar-refractivity contribution in [2.45, 2.75) is 30.9 Å². The highest BCUT2D eigenvalue weighted by Crippen LogP contribution is 2.39. The fraction of sp³-hybridized carbons (Fsp3) is 0.533. The van der Waals surface area contributed by atoms with Gasteiger partial charge in [0.2, 0.25) is 0 Å². The third kappa shape index (κ3) is 2.13. The van der Waals surface area contributed by atoms with Gasteiger partial charge in [-0.2, -0.15) is 0 Å². The van der Waals surface area contributed by atoms with Crippen LogP contribution in [-0.4, -0.2) is 35.0 Å². The Hall–Kier alpha value is -1.53. The van der Waals surface area contributed by atoms with Gasteiger partial charge < -0.3 is 14.0 Å². The summed E-state index contributed by atoms with van der Waals surface area (Å²) in [5.74, 6) is -1.70. The molecule has 1 spiro atoms. The normalized spacial score (nSPS) is 29.5. The quantitative estimate of drug-likeness (QED) is 0.811. The molecule has 4 rings (SSSR count). The van der Waals surface area contributed by atoms with E-state index in [2.05, 4.69) is 4.98 Å². The molecule has 4 nitrogen and oxygen atoms in total. The van der Waals surface area contributed by atoms with E-state index in [0.717, 1.165) is 31.9 Å². The van der Waals surface area contributed by atoms with Gasteiger partial charge in [-0.1, -0.05) is 0 Å². The molecule has 2 fully saturated rings. The lowest BCUT2D eigenvalue weighted by Gasteiger charge is -2.37. The van der Waals surface area contributed by atoms with Crippen LogP contribution in [0.15, 0.2) is 18.5 Å². The van der Waals surface area contributed by atoms with Gasteiger partial charge in [0.25, 0.3) is 0 Å². The summed E-state index contributed by atoms with van der Waals surface area (Å²) in [5, 5.41) is 0. The highest BCUT2D eigenvalue weighted by atomic mass is 19.2. The Bertz CT molecular complexity index is 680. The molecule has 0 saturated carbocycles. The molecule has 2 aromatic rings. The van der Waals surface area contributed by atoms with Crippen molar-refractivity contribution in [1.82, 2.24) is 9.55 Å². The molecule has 2 saturated heterocycles. The molecule has 21 heavy (non-hydrogen) atoms. The molecule has 2 unspecified atom stereocenters. The van der Waals surface area contributed by atoms with Gasteiger partial charge in [0.05, 0.1) is 29.6 Å². The Morgan fingerprint density at radius 2 is 2.10 bits per heavy atom. The maximum atomic E-state index is 13.5. The topological polar surface area (TPSA) is 36.3 Å². The molecule has 2 aliphatic rings. The summed E-state index contributed by atoms with van der Waals surface area (Å²) in [7, 11) is 0. The molecular weight excluding hydrogens is 278 g/mol. The van der Waals surface area contributed by atoms with Gasteiger partial charge in [0, 0.05) is 37.8 Å². The predicted molar refractivity (Wildman–Crippen MR) is 72.0 cm³/mol. The lowest BCUT2D eigenvalue weighted by Crippen LogP contribution is -2.40. The highest BCUT2D eigenvalue weighted by molar-refractivity contribution is 5.75. The Morgan fingerprint density at radius 1 is 1.24 bits per heavy atom. The van der Waals surface area contributed by atoms with E-state index in [9.17, 15) is 8.78 Å². The zero-order valence-electron chi connectivity index (χ0n) is 11.5. The second-order valence-corrected chi connectivity index (χ2v) is 5.89. The van der Waals surface area contributed by atoms with Crippen LogP contribution in [0.1, 0.15) is 25.3 Å². The van der Waals surface area contributed by atoms with Crippen molar-refractivity contribution in [3.63, 3.8) is 0 Å². The number of hydrogen-bond acceptors (Lipinski definition) is 3. The molecular formula is C15H16F2N2O2. The molecule has 0 bridgehead atoms. The first-order valence-corrected chi connectivity index (χ1v) is 7.20. The lowest BCUT2D eigenvalue weighted by atomic mass is 9.89. The van der Waals surface area contributed by atoms with E-state index in [1.54, 1.807) is 6.33 Å². The molecule has 0 radical (unpaired) electrons. The molecule has 1 aromatic carbocycles. The number of benzene rings is 1. The van der Waals surface area contributed by atoms with Crippen LogP contribution >= 0.6 is 0 Å². The van der Waals surface area contributed by atoms with Crippen molar-refractivity contribution in [3.05, 3.63) is 30.1 Å². The maximum Gasteiger partial charge on any atom is 0.161 e. The first kappa shape index (κ1) is 13.2. The Kier molecular flexibility index (Phi) is 2.97. The fourth-order valence-corrected chi connectivity index (χ4v) is 3.42. The SMILES string of the molecule is Fc1cc2ncn(C3CCOC4(CCOC4)C3)c2cc1F. The van der Waals surface area contributed by atoms with Gasteiger partial charge in [0.1, 0.15) is 0 Å². The van der Waals surface area contributed by atoms with E-state index >= 15 is 0 Å². The van der Waals surface area contributed by atoms with Gasteiger partial charge in [0.15, 0.2) is 11.6 Å². The van der Waals surface area contributed by atoms with Crippen LogP contribution in [0.2, 0.25) is 0 Å². The molecule has 0 amide bonds. The third-order valence-electron chi connectivity index (χ3n) is 4.54. The van der Waals surface area contributed by atoms with Crippen LogP contribution in [0, 0.1) is 11.6 Å². The van der Waals surface area contributed by atoms with Crippen LogP contribution in [-0.2, 0) is 9.47 Å². The number of rotatable bonds is 1.